The minimum atomic E-state index is -0.646. The van der Waals surface area contributed by atoms with Crippen molar-refractivity contribution in [3.05, 3.63) is 84.2 Å². The highest BCUT2D eigenvalue weighted by Gasteiger charge is 2.11. The van der Waals surface area contributed by atoms with Gasteiger partial charge in [-0.05, 0) is 55.5 Å². The summed E-state index contributed by atoms with van der Waals surface area (Å²) in [6.07, 6.45) is 1.48. The molecule has 0 bridgehead atoms. The van der Waals surface area contributed by atoms with E-state index >= 15 is 0 Å². The molecule has 1 N–H and O–H groups in total. The summed E-state index contributed by atoms with van der Waals surface area (Å²) in [5, 5.41) is 2.66. The molecule has 0 saturated carbocycles. The fraction of sp³-hybridized carbons (Fsp3) is 0.0952. The van der Waals surface area contributed by atoms with Crippen LogP contribution in [0.25, 0.3) is 0 Å². The standard InChI is InChI=1S/C21H18N2O4/c1-15-5-9-17(10-6-15)27-18-11-7-16(8-12-18)23-20(24)14-26-21(25)19-4-2-3-13-22-19/h2-13H,14H2,1H3,(H,23,24). The van der Waals surface area contributed by atoms with E-state index in [0.717, 1.165) is 11.3 Å². The number of aromatic nitrogens is 1. The molecule has 0 unspecified atom stereocenters. The number of ether oxygens (including phenoxy) is 2. The minimum Gasteiger partial charge on any atom is -0.457 e. The molecule has 0 spiro atoms. The maximum Gasteiger partial charge on any atom is 0.357 e. The molecule has 3 rings (SSSR count). The zero-order chi connectivity index (χ0) is 19.1. The maximum atomic E-state index is 11.9. The Labute approximate surface area is 156 Å². The molecule has 1 aromatic heterocycles. The lowest BCUT2D eigenvalue weighted by molar-refractivity contribution is -0.119. The molecule has 6 heteroatoms. The van der Waals surface area contributed by atoms with E-state index < -0.39 is 18.5 Å². The van der Waals surface area contributed by atoms with Crippen LogP contribution in [-0.2, 0) is 9.53 Å². The van der Waals surface area contributed by atoms with Gasteiger partial charge in [0, 0.05) is 11.9 Å². The Balaban J connectivity index is 1.49. The van der Waals surface area contributed by atoms with Crippen LogP contribution >= 0.6 is 0 Å². The first-order valence-corrected chi connectivity index (χ1v) is 8.33. The van der Waals surface area contributed by atoms with E-state index in [4.69, 9.17) is 9.47 Å². The molecule has 27 heavy (non-hydrogen) atoms. The number of anilines is 1. The number of aryl methyl sites for hydroxylation is 1. The van der Waals surface area contributed by atoms with E-state index in [9.17, 15) is 9.59 Å². The molecule has 136 valence electrons. The molecular formula is C21H18N2O4. The molecule has 2 aromatic carbocycles. The monoisotopic (exact) mass is 362 g/mol. The number of rotatable bonds is 6. The lowest BCUT2D eigenvalue weighted by Gasteiger charge is -2.09. The lowest BCUT2D eigenvalue weighted by atomic mass is 10.2. The number of benzene rings is 2. The molecular weight excluding hydrogens is 344 g/mol. The van der Waals surface area contributed by atoms with Crippen LogP contribution in [-0.4, -0.2) is 23.5 Å². The van der Waals surface area contributed by atoms with Crippen molar-refractivity contribution >= 4 is 17.6 Å². The van der Waals surface area contributed by atoms with Crippen LogP contribution in [0.2, 0.25) is 0 Å². The number of hydrogen-bond acceptors (Lipinski definition) is 5. The van der Waals surface area contributed by atoms with Crippen molar-refractivity contribution in [3.63, 3.8) is 0 Å². The van der Waals surface area contributed by atoms with Crippen LogP contribution in [0.5, 0.6) is 11.5 Å². The largest absolute Gasteiger partial charge is 0.457 e. The number of hydrogen-bond donors (Lipinski definition) is 1. The van der Waals surface area contributed by atoms with Gasteiger partial charge in [-0.2, -0.15) is 0 Å². The van der Waals surface area contributed by atoms with Gasteiger partial charge in [-0.15, -0.1) is 0 Å². The smallest absolute Gasteiger partial charge is 0.357 e. The quantitative estimate of drug-likeness (QED) is 0.671. The van der Waals surface area contributed by atoms with Gasteiger partial charge in [0.05, 0.1) is 0 Å². The van der Waals surface area contributed by atoms with Gasteiger partial charge < -0.3 is 14.8 Å². The minimum absolute atomic E-state index is 0.155. The SMILES string of the molecule is Cc1ccc(Oc2ccc(NC(=O)COC(=O)c3ccccn3)cc2)cc1. The zero-order valence-corrected chi connectivity index (χ0v) is 14.7. The van der Waals surface area contributed by atoms with Gasteiger partial charge in [-0.25, -0.2) is 9.78 Å². The van der Waals surface area contributed by atoms with Crippen molar-refractivity contribution in [1.82, 2.24) is 4.98 Å². The van der Waals surface area contributed by atoms with Gasteiger partial charge in [0.1, 0.15) is 17.2 Å². The van der Waals surface area contributed by atoms with Gasteiger partial charge >= 0.3 is 5.97 Å². The van der Waals surface area contributed by atoms with E-state index in [0.29, 0.717) is 11.4 Å². The number of amides is 1. The van der Waals surface area contributed by atoms with Gasteiger partial charge in [0.15, 0.2) is 6.61 Å². The Kier molecular flexibility index (Phi) is 5.79. The molecule has 0 atom stereocenters. The Bertz CT molecular complexity index is 907. The number of carbonyl (C=O) groups is 2. The zero-order valence-electron chi connectivity index (χ0n) is 14.7. The Morgan fingerprint density at radius 1 is 0.926 bits per heavy atom. The van der Waals surface area contributed by atoms with Crippen LogP contribution < -0.4 is 10.1 Å². The summed E-state index contributed by atoms with van der Waals surface area (Å²) >= 11 is 0. The molecule has 0 aliphatic heterocycles. The van der Waals surface area contributed by atoms with Gasteiger partial charge in [0.25, 0.3) is 5.91 Å². The number of pyridine rings is 1. The van der Waals surface area contributed by atoms with Crippen molar-refractivity contribution in [2.45, 2.75) is 6.92 Å². The molecule has 1 heterocycles. The van der Waals surface area contributed by atoms with E-state index in [1.807, 2.05) is 31.2 Å². The normalized spacial score (nSPS) is 10.1. The Morgan fingerprint density at radius 2 is 1.59 bits per heavy atom. The first kappa shape index (κ1) is 18.1. The molecule has 1 amide bonds. The summed E-state index contributed by atoms with van der Waals surface area (Å²) in [5.74, 6) is 0.302. The van der Waals surface area contributed by atoms with Crippen molar-refractivity contribution < 1.29 is 19.1 Å². The van der Waals surface area contributed by atoms with Gasteiger partial charge in [0.2, 0.25) is 0 Å². The van der Waals surface area contributed by atoms with Crippen molar-refractivity contribution in [2.24, 2.45) is 0 Å². The molecule has 0 fully saturated rings. The third kappa shape index (κ3) is 5.40. The summed E-state index contributed by atoms with van der Waals surface area (Å²) in [5.41, 5.74) is 1.89. The summed E-state index contributed by atoms with van der Waals surface area (Å²) in [7, 11) is 0. The second-order valence-electron chi connectivity index (χ2n) is 5.78. The van der Waals surface area contributed by atoms with Crippen molar-refractivity contribution in [1.29, 1.82) is 0 Å². The van der Waals surface area contributed by atoms with Crippen molar-refractivity contribution in [3.8, 4) is 11.5 Å². The van der Waals surface area contributed by atoms with Crippen LogP contribution in [0, 0.1) is 6.92 Å². The Morgan fingerprint density at radius 3 is 2.22 bits per heavy atom. The maximum absolute atomic E-state index is 11.9. The predicted molar refractivity (Wildman–Crippen MR) is 101 cm³/mol. The van der Waals surface area contributed by atoms with Crippen LogP contribution in [0.3, 0.4) is 0 Å². The lowest BCUT2D eigenvalue weighted by Crippen LogP contribution is -2.21. The summed E-state index contributed by atoms with van der Waals surface area (Å²) < 4.78 is 10.7. The third-order valence-electron chi connectivity index (χ3n) is 3.60. The fourth-order valence-corrected chi connectivity index (χ4v) is 2.23. The van der Waals surface area contributed by atoms with E-state index in [2.05, 4.69) is 10.3 Å². The number of carbonyl (C=O) groups excluding carboxylic acids is 2. The van der Waals surface area contributed by atoms with Crippen LogP contribution in [0.4, 0.5) is 5.69 Å². The van der Waals surface area contributed by atoms with Gasteiger partial charge in [-0.3, -0.25) is 4.79 Å². The molecule has 6 nitrogen and oxygen atoms in total. The number of nitrogens with one attached hydrogen (secondary N) is 1. The molecule has 0 aliphatic rings. The van der Waals surface area contributed by atoms with Crippen LogP contribution in [0.15, 0.2) is 72.9 Å². The third-order valence-corrected chi connectivity index (χ3v) is 3.60. The topological polar surface area (TPSA) is 77.5 Å². The van der Waals surface area contributed by atoms with Gasteiger partial charge in [-0.1, -0.05) is 23.8 Å². The second kappa shape index (κ2) is 8.62. The molecule has 0 aliphatic carbocycles. The van der Waals surface area contributed by atoms with E-state index in [1.165, 1.54) is 12.3 Å². The average Bonchev–Trinajstić information content (AvgIpc) is 2.70. The number of esters is 1. The van der Waals surface area contributed by atoms with Crippen LogP contribution in [0.1, 0.15) is 16.1 Å². The average molecular weight is 362 g/mol. The highest BCUT2D eigenvalue weighted by atomic mass is 16.5. The summed E-state index contributed by atoms with van der Waals surface area (Å²) in [4.78, 5) is 27.5. The highest BCUT2D eigenvalue weighted by Crippen LogP contribution is 2.23. The molecule has 3 aromatic rings. The first-order valence-electron chi connectivity index (χ1n) is 8.33. The first-order chi connectivity index (χ1) is 13.1. The molecule has 0 radical (unpaired) electrons. The highest BCUT2D eigenvalue weighted by molar-refractivity contribution is 5.94. The van der Waals surface area contributed by atoms with Crippen molar-refractivity contribution in [2.75, 3.05) is 11.9 Å². The second-order valence-corrected chi connectivity index (χ2v) is 5.78. The summed E-state index contributed by atoms with van der Waals surface area (Å²) in [6, 6.07) is 19.5. The Hall–Kier alpha value is -3.67. The fourth-order valence-electron chi connectivity index (χ4n) is 2.23. The number of nitrogens with zero attached hydrogens (tertiary/aromatic N) is 1. The van der Waals surface area contributed by atoms with E-state index in [1.54, 1.807) is 36.4 Å². The summed E-state index contributed by atoms with van der Waals surface area (Å²) in [6.45, 7) is 1.62. The van der Waals surface area contributed by atoms with E-state index in [-0.39, 0.29) is 5.69 Å². The molecule has 0 saturated heterocycles. The predicted octanol–water partition coefficient (Wildman–Crippen LogP) is 3.98.